The van der Waals surface area contributed by atoms with E-state index in [1.807, 2.05) is 12.1 Å². The second kappa shape index (κ2) is 10.5. The molecule has 0 saturated carbocycles. The monoisotopic (exact) mass is 520 g/mol. The standard InChI is InChI=1S/C28H29FN4O3S/c1-3-25(32-16-18-36-19-17-32)33-27(21-12-14-30-15-13-21)26(20-4-8-23(29)9-5-20)31-28(33)22-6-10-24(11-7-22)37(2,34)35/h4-15,25H,3,16-19H2,1-2H3. The molecule has 2 aromatic heterocycles. The zero-order valence-corrected chi connectivity index (χ0v) is 21.7. The Bertz CT molecular complexity index is 1460. The molecular formula is C28H29FN4O3S. The van der Waals surface area contributed by atoms with E-state index in [0.29, 0.717) is 19.0 Å². The van der Waals surface area contributed by atoms with Crippen LogP contribution < -0.4 is 0 Å². The fraction of sp³-hybridized carbons (Fsp3) is 0.286. The minimum atomic E-state index is -3.33. The normalized spacial score (nSPS) is 15.5. The van der Waals surface area contributed by atoms with Gasteiger partial charge in [0, 0.05) is 48.4 Å². The van der Waals surface area contributed by atoms with Gasteiger partial charge in [-0.1, -0.05) is 6.92 Å². The number of pyridine rings is 1. The maximum Gasteiger partial charge on any atom is 0.175 e. The van der Waals surface area contributed by atoms with Gasteiger partial charge in [-0.3, -0.25) is 9.88 Å². The number of hydrogen-bond acceptors (Lipinski definition) is 6. The van der Waals surface area contributed by atoms with Crippen LogP contribution in [0.15, 0.2) is 78.0 Å². The summed E-state index contributed by atoms with van der Waals surface area (Å²) in [4.78, 5) is 12.0. The Balaban J connectivity index is 1.79. The lowest BCUT2D eigenvalue weighted by Crippen LogP contribution is -2.41. The summed E-state index contributed by atoms with van der Waals surface area (Å²) < 4.78 is 45.9. The number of benzene rings is 2. The summed E-state index contributed by atoms with van der Waals surface area (Å²) in [7, 11) is -3.33. The molecule has 192 valence electrons. The minimum Gasteiger partial charge on any atom is -0.379 e. The molecule has 37 heavy (non-hydrogen) atoms. The molecule has 1 unspecified atom stereocenters. The highest BCUT2D eigenvalue weighted by Crippen LogP contribution is 2.40. The molecular weight excluding hydrogens is 491 g/mol. The van der Waals surface area contributed by atoms with Gasteiger partial charge in [-0.2, -0.15) is 0 Å². The third-order valence-electron chi connectivity index (χ3n) is 6.65. The van der Waals surface area contributed by atoms with Crippen molar-refractivity contribution in [3.05, 3.63) is 78.9 Å². The summed E-state index contributed by atoms with van der Waals surface area (Å²) in [6.45, 7) is 5.01. The third-order valence-corrected chi connectivity index (χ3v) is 7.78. The van der Waals surface area contributed by atoms with Gasteiger partial charge in [-0.05, 0) is 67.1 Å². The average Bonchev–Trinajstić information content (AvgIpc) is 3.30. The van der Waals surface area contributed by atoms with Crippen molar-refractivity contribution < 1.29 is 17.5 Å². The molecule has 1 fully saturated rings. The van der Waals surface area contributed by atoms with Crippen LogP contribution in [0.25, 0.3) is 33.9 Å². The van der Waals surface area contributed by atoms with Crippen molar-refractivity contribution in [2.75, 3.05) is 32.6 Å². The second-order valence-electron chi connectivity index (χ2n) is 9.08. The molecule has 1 aliphatic heterocycles. The fourth-order valence-corrected chi connectivity index (χ4v) is 5.48. The van der Waals surface area contributed by atoms with E-state index in [0.717, 1.165) is 47.6 Å². The van der Waals surface area contributed by atoms with E-state index in [9.17, 15) is 12.8 Å². The maximum atomic E-state index is 13.8. The first-order valence-corrected chi connectivity index (χ1v) is 14.2. The Morgan fingerprint density at radius 1 is 0.919 bits per heavy atom. The SMILES string of the molecule is CCC(N1CCOCC1)n1c(-c2ccc(S(C)(=O)=O)cc2)nc(-c2ccc(F)cc2)c1-c1ccncc1. The smallest absolute Gasteiger partial charge is 0.175 e. The second-order valence-corrected chi connectivity index (χ2v) is 11.1. The molecule has 0 radical (unpaired) electrons. The summed E-state index contributed by atoms with van der Waals surface area (Å²) in [6.07, 6.45) is 5.47. The van der Waals surface area contributed by atoms with E-state index < -0.39 is 9.84 Å². The van der Waals surface area contributed by atoms with Crippen LogP contribution in [0.5, 0.6) is 0 Å². The van der Waals surface area contributed by atoms with Gasteiger partial charge in [0.15, 0.2) is 9.84 Å². The van der Waals surface area contributed by atoms with Crippen molar-refractivity contribution >= 4 is 9.84 Å². The molecule has 7 nitrogen and oxygen atoms in total. The lowest BCUT2D eigenvalue weighted by atomic mass is 10.0. The highest BCUT2D eigenvalue weighted by atomic mass is 32.2. The molecule has 0 N–H and O–H groups in total. The van der Waals surface area contributed by atoms with Gasteiger partial charge in [0.05, 0.1) is 35.7 Å². The summed E-state index contributed by atoms with van der Waals surface area (Å²) in [5.41, 5.74) is 4.14. The number of nitrogens with zero attached hydrogens (tertiary/aromatic N) is 4. The maximum absolute atomic E-state index is 13.8. The number of imidazole rings is 1. The molecule has 1 saturated heterocycles. The van der Waals surface area contributed by atoms with Crippen molar-refractivity contribution in [3.8, 4) is 33.9 Å². The van der Waals surface area contributed by atoms with Crippen LogP contribution in [-0.4, -0.2) is 60.4 Å². The summed E-state index contributed by atoms with van der Waals surface area (Å²) in [5.74, 6) is 0.398. The Hall–Kier alpha value is -3.40. The Morgan fingerprint density at radius 3 is 2.14 bits per heavy atom. The van der Waals surface area contributed by atoms with Gasteiger partial charge in [-0.15, -0.1) is 0 Å². The first-order chi connectivity index (χ1) is 17.9. The Kier molecular flexibility index (Phi) is 7.19. The van der Waals surface area contributed by atoms with Gasteiger partial charge in [0.1, 0.15) is 11.6 Å². The predicted octanol–water partition coefficient (Wildman–Crippen LogP) is 5.06. The van der Waals surface area contributed by atoms with Gasteiger partial charge < -0.3 is 9.30 Å². The topological polar surface area (TPSA) is 77.3 Å². The molecule has 3 heterocycles. The Labute approximate surface area is 216 Å². The molecule has 0 aliphatic carbocycles. The number of aromatic nitrogens is 3. The van der Waals surface area contributed by atoms with Crippen LogP contribution in [0.4, 0.5) is 4.39 Å². The number of rotatable bonds is 7. The highest BCUT2D eigenvalue weighted by Gasteiger charge is 2.30. The van der Waals surface area contributed by atoms with Gasteiger partial charge in [0.2, 0.25) is 0 Å². The number of hydrogen-bond donors (Lipinski definition) is 0. The average molecular weight is 521 g/mol. The Morgan fingerprint density at radius 2 is 1.54 bits per heavy atom. The van der Waals surface area contributed by atoms with Gasteiger partial charge in [-0.25, -0.2) is 17.8 Å². The zero-order chi connectivity index (χ0) is 26.0. The van der Waals surface area contributed by atoms with Crippen molar-refractivity contribution in [1.82, 2.24) is 19.4 Å². The molecule has 0 amide bonds. The fourth-order valence-electron chi connectivity index (χ4n) is 4.85. The molecule has 1 aliphatic rings. The van der Waals surface area contributed by atoms with Gasteiger partial charge >= 0.3 is 0 Å². The molecule has 1 atom stereocenters. The van der Waals surface area contributed by atoms with Crippen LogP contribution in [-0.2, 0) is 14.6 Å². The van der Waals surface area contributed by atoms with Crippen molar-refractivity contribution in [3.63, 3.8) is 0 Å². The van der Waals surface area contributed by atoms with E-state index in [-0.39, 0.29) is 16.9 Å². The zero-order valence-electron chi connectivity index (χ0n) is 20.8. The van der Waals surface area contributed by atoms with Crippen LogP contribution in [0.1, 0.15) is 19.5 Å². The summed E-state index contributed by atoms with van der Waals surface area (Å²) in [5, 5.41) is 0. The third kappa shape index (κ3) is 5.20. The van der Waals surface area contributed by atoms with Gasteiger partial charge in [0.25, 0.3) is 0 Å². The largest absolute Gasteiger partial charge is 0.379 e. The first kappa shape index (κ1) is 25.3. The van der Waals surface area contributed by atoms with E-state index in [1.165, 1.54) is 18.4 Å². The number of halogens is 1. The van der Waals surface area contributed by atoms with E-state index >= 15 is 0 Å². The highest BCUT2D eigenvalue weighted by molar-refractivity contribution is 7.90. The van der Waals surface area contributed by atoms with Crippen LogP contribution in [0.3, 0.4) is 0 Å². The predicted molar refractivity (Wildman–Crippen MR) is 141 cm³/mol. The quantitative estimate of drug-likeness (QED) is 0.339. The number of morpholine rings is 1. The van der Waals surface area contributed by atoms with E-state index in [4.69, 9.17) is 9.72 Å². The lowest BCUT2D eigenvalue weighted by molar-refractivity contribution is -0.00182. The molecule has 0 bridgehead atoms. The molecule has 9 heteroatoms. The summed E-state index contributed by atoms with van der Waals surface area (Å²) in [6, 6.07) is 17.1. The van der Waals surface area contributed by atoms with Crippen molar-refractivity contribution in [2.45, 2.75) is 24.4 Å². The summed E-state index contributed by atoms with van der Waals surface area (Å²) >= 11 is 0. The lowest BCUT2D eigenvalue weighted by Gasteiger charge is -2.36. The number of sulfone groups is 1. The molecule has 0 spiro atoms. The minimum absolute atomic E-state index is 0.0293. The van der Waals surface area contributed by atoms with Crippen LogP contribution >= 0.6 is 0 Å². The van der Waals surface area contributed by atoms with E-state index in [1.54, 1.807) is 48.8 Å². The molecule has 5 rings (SSSR count). The van der Waals surface area contributed by atoms with Crippen molar-refractivity contribution in [1.29, 1.82) is 0 Å². The number of ether oxygens (including phenoxy) is 1. The molecule has 4 aromatic rings. The van der Waals surface area contributed by atoms with Crippen LogP contribution in [0, 0.1) is 5.82 Å². The van der Waals surface area contributed by atoms with Crippen LogP contribution in [0.2, 0.25) is 0 Å². The van der Waals surface area contributed by atoms with E-state index in [2.05, 4.69) is 21.4 Å². The van der Waals surface area contributed by atoms with Crippen molar-refractivity contribution in [2.24, 2.45) is 0 Å². The first-order valence-electron chi connectivity index (χ1n) is 12.3. The molecule has 2 aromatic carbocycles.